The van der Waals surface area contributed by atoms with E-state index in [-0.39, 0.29) is 5.97 Å². The van der Waals surface area contributed by atoms with Gasteiger partial charge in [0.25, 0.3) is 0 Å². The number of nitrogens with one attached hydrogen (secondary N) is 1. The highest BCUT2D eigenvalue weighted by atomic mass is 16.5. The van der Waals surface area contributed by atoms with Crippen LogP contribution in [0.4, 0.5) is 0 Å². The standard InChI is InChI=1S/C17H36N2O2/c1-7-12-18-17(6,16(20)21-9-3)11-10-13-19(8-2)14-15(4)5/h15,18H,7-14H2,1-6H3. The molecular weight excluding hydrogens is 264 g/mol. The van der Waals surface area contributed by atoms with Crippen molar-refractivity contribution in [1.82, 2.24) is 10.2 Å². The number of hydrogen-bond donors (Lipinski definition) is 1. The van der Waals surface area contributed by atoms with Crippen LogP contribution in [0.3, 0.4) is 0 Å². The lowest BCUT2D eigenvalue weighted by molar-refractivity contribution is -0.150. The molecule has 0 rings (SSSR count). The van der Waals surface area contributed by atoms with Crippen LogP contribution < -0.4 is 5.32 Å². The summed E-state index contributed by atoms with van der Waals surface area (Å²) in [6.07, 6.45) is 2.84. The van der Waals surface area contributed by atoms with E-state index in [9.17, 15) is 4.79 Å². The number of carbonyl (C=O) groups is 1. The molecule has 0 saturated heterocycles. The van der Waals surface area contributed by atoms with Gasteiger partial charge < -0.3 is 15.0 Å². The maximum atomic E-state index is 12.2. The van der Waals surface area contributed by atoms with E-state index >= 15 is 0 Å². The van der Waals surface area contributed by atoms with Gasteiger partial charge in [0.1, 0.15) is 5.54 Å². The molecule has 0 radical (unpaired) electrons. The highest BCUT2D eigenvalue weighted by Gasteiger charge is 2.33. The molecule has 4 heteroatoms. The topological polar surface area (TPSA) is 41.6 Å². The molecule has 0 spiro atoms. The Morgan fingerprint density at radius 2 is 1.95 bits per heavy atom. The van der Waals surface area contributed by atoms with Crippen LogP contribution in [0.1, 0.15) is 60.8 Å². The molecule has 0 aliphatic rings. The molecule has 4 nitrogen and oxygen atoms in total. The van der Waals surface area contributed by atoms with Crippen molar-refractivity contribution in [2.24, 2.45) is 5.92 Å². The van der Waals surface area contributed by atoms with E-state index < -0.39 is 5.54 Å². The van der Waals surface area contributed by atoms with Crippen LogP contribution in [0.15, 0.2) is 0 Å². The van der Waals surface area contributed by atoms with Gasteiger partial charge in [-0.3, -0.25) is 4.79 Å². The molecule has 1 N–H and O–H groups in total. The van der Waals surface area contributed by atoms with Crippen molar-refractivity contribution in [1.29, 1.82) is 0 Å². The lowest BCUT2D eigenvalue weighted by atomic mass is 9.95. The Hall–Kier alpha value is -0.610. The van der Waals surface area contributed by atoms with Crippen LogP contribution in [-0.2, 0) is 9.53 Å². The smallest absolute Gasteiger partial charge is 0.326 e. The van der Waals surface area contributed by atoms with Crippen molar-refractivity contribution in [2.75, 3.05) is 32.8 Å². The van der Waals surface area contributed by atoms with Crippen molar-refractivity contribution in [3.05, 3.63) is 0 Å². The minimum Gasteiger partial charge on any atom is -0.465 e. The van der Waals surface area contributed by atoms with E-state index in [0.29, 0.717) is 12.5 Å². The van der Waals surface area contributed by atoms with Gasteiger partial charge >= 0.3 is 5.97 Å². The fraction of sp³-hybridized carbons (Fsp3) is 0.941. The van der Waals surface area contributed by atoms with Gasteiger partial charge in [-0.05, 0) is 58.7 Å². The number of esters is 1. The van der Waals surface area contributed by atoms with Crippen molar-refractivity contribution in [3.63, 3.8) is 0 Å². The number of hydrogen-bond acceptors (Lipinski definition) is 4. The van der Waals surface area contributed by atoms with Crippen molar-refractivity contribution in [2.45, 2.75) is 66.3 Å². The van der Waals surface area contributed by atoms with E-state index in [1.807, 2.05) is 13.8 Å². The van der Waals surface area contributed by atoms with Crippen molar-refractivity contribution in [3.8, 4) is 0 Å². The first-order valence-corrected chi connectivity index (χ1v) is 8.54. The Balaban J connectivity index is 4.43. The second-order valence-electron chi connectivity index (χ2n) is 6.37. The maximum absolute atomic E-state index is 12.2. The van der Waals surface area contributed by atoms with E-state index in [1.54, 1.807) is 0 Å². The highest BCUT2D eigenvalue weighted by molar-refractivity contribution is 5.80. The molecule has 126 valence electrons. The summed E-state index contributed by atoms with van der Waals surface area (Å²) in [5.74, 6) is 0.560. The summed E-state index contributed by atoms with van der Waals surface area (Å²) in [6.45, 7) is 17.1. The minimum absolute atomic E-state index is 0.120. The van der Waals surface area contributed by atoms with Crippen LogP contribution in [-0.4, -0.2) is 49.2 Å². The first kappa shape index (κ1) is 20.4. The third-order valence-electron chi connectivity index (χ3n) is 3.71. The number of ether oxygens (including phenoxy) is 1. The fourth-order valence-electron chi connectivity index (χ4n) is 2.51. The van der Waals surface area contributed by atoms with Gasteiger partial charge in [0.15, 0.2) is 0 Å². The zero-order chi connectivity index (χ0) is 16.3. The average molecular weight is 300 g/mol. The first-order chi connectivity index (χ1) is 9.89. The third kappa shape index (κ3) is 8.42. The lowest BCUT2D eigenvalue weighted by Crippen LogP contribution is -2.51. The van der Waals surface area contributed by atoms with Gasteiger partial charge in [0.05, 0.1) is 6.61 Å². The molecule has 0 aromatic heterocycles. The molecule has 1 unspecified atom stereocenters. The van der Waals surface area contributed by atoms with Gasteiger partial charge in [-0.25, -0.2) is 0 Å². The molecule has 0 aliphatic heterocycles. The van der Waals surface area contributed by atoms with Gasteiger partial charge in [-0.1, -0.05) is 27.7 Å². The van der Waals surface area contributed by atoms with Crippen molar-refractivity contribution < 1.29 is 9.53 Å². The quantitative estimate of drug-likeness (QED) is 0.562. The predicted molar refractivity (Wildman–Crippen MR) is 89.5 cm³/mol. The summed E-state index contributed by atoms with van der Waals surface area (Å²) in [7, 11) is 0. The SMILES string of the molecule is CCCNC(C)(CCCN(CC)CC(C)C)C(=O)OCC. The van der Waals surface area contributed by atoms with E-state index in [4.69, 9.17) is 4.74 Å². The summed E-state index contributed by atoms with van der Waals surface area (Å²) in [5, 5.41) is 3.37. The number of rotatable bonds is 12. The number of nitrogens with zero attached hydrogens (tertiary/aromatic N) is 1. The Labute approximate surface area is 131 Å². The van der Waals surface area contributed by atoms with E-state index in [2.05, 4.69) is 37.9 Å². The summed E-state index contributed by atoms with van der Waals surface area (Å²) < 4.78 is 5.24. The van der Waals surface area contributed by atoms with Crippen LogP contribution in [0.2, 0.25) is 0 Å². The van der Waals surface area contributed by atoms with Gasteiger partial charge in [-0.15, -0.1) is 0 Å². The van der Waals surface area contributed by atoms with Crippen LogP contribution in [0.25, 0.3) is 0 Å². The Kier molecular flexibility index (Phi) is 10.7. The average Bonchev–Trinajstić information content (AvgIpc) is 2.43. The zero-order valence-electron chi connectivity index (χ0n) is 15.0. The van der Waals surface area contributed by atoms with Gasteiger partial charge in [0.2, 0.25) is 0 Å². The molecule has 1 atom stereocenters. The predicted octanol–water partition coefficient (Wildman–Crippen LogP) is 3.07. The van der Waals surface area contributed by atoms with Gasteiger partial charge in [-0.2, -0.15) is 0 Å². The maximum Gasteiger partial charge on any atom is 0.326 e. The largest absolute Gasteiger partial charge is 0.465 e. The summed E-state index contributed by atoms with van der Waals surface area (Å²) in [5.41, 5.74) is -0.552. The molecule has 0 heterocycles. The second kappa shape index (κ2) is 11.0. The number of carbonyl (C=O) groups excluding carboxylic acids is 1. The summed E-state index contributed by atoms with van der Waals surface area (Å²) in [6, 6.07) is 0. The molecule has 0 bridgehead atoms. The lowest BCUT2D eigenvalue weighted by Gasteiger charge is -2.30. The summed E-state index contributed by atoms with van der Waals surface area (Å²) in [4.78, 5) is 14.6. The third-order valence-corrected chi connectivity index (χ3v) is 3.71. The molecule has 0 aromatic carbocycles. The monoisotopic (exact) mass is 300 g/mol. The minimum atomic E-state index is -0.552. The molecule has 21 heavy (non-hydrogen) atoms. The zero-order valence-corrected chi connectivity index (χ0v) is 15.0. The van der Waals surface area contributed by atoms with E-state index in [0.717, 1.165) is 45.4 Å². The molecule has 0 aliphatic carbocycles. The molecule has 0 aromatic rings. The second-order valence-corrected chi connectivity index (χ2v) is 6.37. The highest BCUT2D eigenvalue weighted by Crippen LogP contribution is 2.16. The van der Waals surface area contributed by atoms with Gasteiger partial charge in [0, 0.05) is 6.54 Å². The molecule has 0 amide bonds. The van der Waals surface area contributed by atoms with Crippen LogP contribution in [0.5, 0.6) is 0 Å². The molecule has 0 saturated carbocycles. The Bertz CT molecular complexity index is 282. The van der Waals surface area contributed by atoms with E-state index in [1.165, 1.54) is 0 Å². The summed E-state index contributed by atoms with van der Waals surface area (Å²) >= 11 is 0. The molecule has 0 fully saturated rings. The van der Waals surface area contributed by atoms with Crippen LogP contribution in [0, 0.1) is 5.92 Å². The normalized spacial score (nSPS) is 14.5. The Morgan fingerprint density at radius 1 is 1.29 bits per heavy atom. The Morgan fingerprint density at radius 3 is 2.43 bits per heavy atom. The fourth-order valence-corrected chi connectivity index (χ4v) is 2.51. The first-order valence-electron chi connectivity index (χ1n) is 8.54. The molecular formula is C17H36N2O2. The van der Waals surface area contributed by atoms with Crippen LogP contribution >= 0.6 is 0 Å². The van der Waals surface area contributed by atoms with Crippen molar-refractivity contribution >= 4 is 5.97 Å².